The van der Waals surface area contributed by atoms with Gasteiger partial charge in [0.2, 0.25) is 0 Å². The lowest BCUT2D eigenvalue weighted by Gasteiger charge is -2.21. The second-order valence-corrected chi connectivity index (χ2v) is 5.88. The van der Waals surface area contributed by atoms with E-state index in [9.17, 15) is 9.90 Å². The third kappa shape index (κ3) is 4.10. The first-order chi connectivity index (χ1) is 12.1. The van der Waals surface area contributed by atoms with Gasteiger partial charge in [-0.05, 0) is 24.6 Å². The Bertz CT molecular complexity index is 818. The molecule has 25 heavy (non-hydrogen) atoms. The van der Waals surface area contributed by atoms with E-state index >= 15 is 0 Å². The van der Waals surface area contributed by atoms with Gasteiger partial charge in [0.05, 0.1) is 35.8 Å². The second-order valence-electron chi connectivity index (χ2n) is 5.88. The summed E-state index contributed by atoms with van der Waals surface area (Å²) < 4.78 is 1.54. The number of aliphatic hydroxyl groups excluding tert-OH is 1. The molecular weight excluding hydrogens is 316 g/mol. The van der Waals surface area contributed by atoms with E-state index in [4.69, 9.17) is 0 Å². The molecule has 2 atom stereocenters. The molecule has 1 aromatic heterocycles. The number of nitrogens with zero attached hydrogens (tertiary/aromatic N) is 3. The molecule has 1 amide bonds. The van der Waals surface area contributed by atoms with Crippen molar-refractivity contribution in [2.24, 2.45) is 0 Å². The van der Waals surface area contributed by atoms with Gasteiger partial charge in [-0.2, -0.15) is 0 Å². The molecule has 2 aromatic carbocycles. The van der Waals surface area contributed by atoms with E-state index in [0.29, 0.717) is 17.7 Å². The first kappa shape index (κ1) is 16.9. The number of carbonyl (C=O) groups excluding carboxylic acids is 1. The highest BCUT2D eigenvalue weighted by Gasteiger charge is 2.20. The molecule has 0 fully saturated rings. The molecule has 0 spiro atoms. The van der Waals surface area contributed by atoms with Crippen LogP contribution in [0.3, 0.4) is 0 Å². The van der Waals surface area contributed by atoms with Gasteiger partial charge in [0.15, 0.2) is 0 Å². The van der Waals surface area contributed by atoms with E-state index in [2.05, 4.69) is 15.6 Å². The Balaban J connectivity index is 1.70. The predicted octanol–water partition coefficient (Wildman–Crippen LogP) is 1.99. The number of aliphatic hydroxyl groups is 1. The van der Waals surface area contributed by atoms with Crippen molar-refractivity contribution in [1.82, 2.24) is 20.3 Å². The minimum absolute atomic E-state index is 0.259. The molecular formula is C19H20N4O2. The van der Waals surface area contributed by atoms with Gasteiger partial charge in [-0.3, -0.25) is 4.79 Å². The lowest BCUT2D eigenvalue weighted by atomic mass is 10.0. The third-order valence-corrected chi connectivity index (χ3v) is 4.04. The fraction of sp³-hybridized carbons (Fsp3) is 0.211. The Morgan fingerprint density at radius 2 is 1.88 bits per heavy atom. The lowest BCUT2D eigenvalue weighted by molar-refractivity contribution is 0.0851. The zero-order chi connectivity index (χ0) is 17.6. The standard InChI is InChI=1S/C19H20N4O2/c1-14(18(24)13-15-7-3-2-4-8-15)21-19(25)16-9-5-6-10-17(16)23-12-11-20-22-23/h2-12,14,18,24H,13H2,1H3,(H,21,25)/t14-,18+/m1/s1. The highest BCUT2D eigenvalue weighted by Crippen LogP contribution is 2.14. The number of rotatable bonds is 6. The van der Waals surface area contributed by atoms with Gasteiger partial charge in [0.1, 0.15) is 0 Å². The van der Waals surface area contributed by atoms with Crippen LogP contribution in [0.5, 0.6) is 0 Å². The van der Waals surface area contributed by atoms with Crippen LogP contribution in [-0.2, 0) is 6.42 Å². The van der Waals surface area contributed by atoms with E-state index in [0.717, 1.165) is 5.56 Å². The Labute approximate surface area is 146 Å². The van der Waals surface area contributed by atoms with Crippen molar-refractivity contribution in [3.63, 3.8) is 0 Å². The van der Waals surface area contributed by atoms with Crippen molar-refractivity contribution >= 4 is 5.91 Å². The second kappa shape index (κ2) is 7.72. The highest BCUT2D eigenvalue weighted by atomic mass is 16.3. The fourth-order valence-corrected chi connectivity index (χ4v) is 2.62. The van der Waals surface area contributed by atoms with Crippen molar-refractivity contribution < 1.29 is 9.90 Å². The summed E-state index contributed by atoms with van der Waals surface area (Å²) in [6.07, 6.45) is 3.04. The molecule has 0 bridgehead atoms. The average Bonchev–Trinajstić information content (AvgIpc) is 3.17. The number of hydrogen-bond donors (Lipinski definition) is 2. The van der Waals surface area contributed by atoms with E-state index < -0.39 is 12.1 Å². The van der Waals surface area contributed by atoms with Crippen LogP contribution in [0.25, 0.3) is 5.69 Å². The summed E-state index contributed by atoms with van der Waals surface area (Å²) in [5.41, 5.74) is 2.15. The van der Waals surface area contributed by atoms with Crippen LogP contribution in [0.4, 0.5) is 0 Å². The summed E-state index contributed by atoms with van der Waals surface area (Å²) in [4.78, 5) is 12.6. The SMILES string of the molecule is C[C@@H](NC(=O)c1ccccc1-n1ccnn1)[C@@H](O)Cc1ccccc1. The number of benzene rings is 2. The Hall–Kier alpha value is -2.99. The van der Waals surface area contributed by atoms with Gasteiger partial charge in [0.25, 0.3) is 5.91 Å². The summed E-state index contributed by atoms with van der Waals surface area (Å²) >= 11 is 0. The molecule has 6 nitrogen and oxygen atoms in total. The molecule has 3 rings (SSSR count). The van der Waals surface area contributed by atoms with Gasteiger partial charge in [-0.25, -0.2) is 4.68 Å². The van der Waals surface area contributed by atoms with Crippen LogP contribution in [0, 0.1) is 0 Å². The highest BCUT2D eigenvalue weighted by molar-refractivity contribution is 5.97. The Morgan fingerprint density at radius 1 is 1.16 bits per heavy atom. The van der Waals surface area contributed by atoms with Crippen LogP contribution in [0.15, 0.2) is 67.0 Å². The van der Waals surface area contributed by atoms with Gasteiger partial charge in [0, 0.05) is 6.42 Å². The predicted molar refractivity (Wildman–Crippen MR) is 94.4 cm³/mol. The monoisotopic (exact) mass is 336 g/mol. The van der Waals surface area contributed by atoms with Crippen LogP contribution >= 0.6 is 0 Å². The van der Waals surface area contributed by atoms with Crippen molar-refractivity contribution in [2.45, 2.75) is 25.5 Å². The van der Waals surface area contributed by atoms with Gasteiger partial charge in [-0.1, -0.05) is 47.7 Å². The van der Waals surface area contributed by atoms with Gasteiger partial charge >= 0.3 is 0 Å². The molecule has 0 aliphatic carbocycles. The fourth-order valence-electron chi connectivity index (χ4n) is 2.62. The van der Waals surface area contributed by atoms with Gasteiger partial charge in [-0.15, -0.1) is 5.10 Å². The zero-order valence-electron chi connectivity index (χ0n) is 13.9. The van der Waals surface area contributed by atoms with Crippen molar-refractivity contribution in [1.29, 1.82) is 0 Å². The van der Waals surface area contributed by atoms with E-state index in [1.807, 2.05) is 36.4 Å². The smallest absolute Gasteiger partial charge is 0.253 e. The average molecular weight is 336 g/mol. The first-order valence-corrected chi connectivity index (χ1v) is 8.13. The minimum atomic E-state index is -0.676. The molecule has 0 aliphatic heterocycles. The molecule has 128 valence electrons. The lowest BCUT2D eigenvalue weighted by Crippen LogP contribution is -2.42. The number of hydrogen-bond acceptors (Lipinski definition) is 4. The molecule has 0 aliphatic rings. The molecule has 0 saturated heterocycles. The summed E-state index contributed by atoms with van der Waals surface area (Å²) in [5, 5.41) is 21.0. The van der Waals surface area contributed by atoms with Crippen LogP contribution in [0.2, 0.25) is 0 Å². The van der Waals surface area contributed by atoms with Crippen LogP contribution < -0.4 is 5.32 Å². The maximum atomic E-state index is 12.6. The molecule has 2 N–H and O–H groups in total. The third-order valence-electron chi connectivity index (χ3n) is 4.04. The van der Waals surface area contributed by atoms with E-state index in [1.165, 1.54) is 0 Å². The molecule has 1 heterocycles. The number of amides is 1. The van der Waals surface area contributed by atoms with E-state index in [1.54, 1.807) is 42.2 Å². The topological polar surface area (TPSA) is 80.0 Å². The van der Waals surface area contributed by atoms with Crippen LogP contribution in [0.1, 0.15) is 22.8 Å². The van der Waals surface area contributed by atoms with Crippen LogP contribution in [-0.4, -0.2) is 38.2 Å². The number of aromatic nitrogens is 3. The summed E-state index contributed by atoms with van der Waals surface area (Å²) in [7, 11) is 0. The number of nitrogens with one attached hydrogen (secondary N) is 1. The molecule has 3 aromatic rings. The van der Waals surface area contributed by atoms with Crippen molar-refractivity contribution in [3.8, 4) is 5.69 Å². The van der Waals surface area contributed by atoms with Crippen molar-refractivity contribution in [2.75, 3.05) is 0 Å². The van der Waals surface area contributed by atoms with E-state index in [-0.39, 0.29) is 5.91 Å². The Kier molecular flexibility index (Phi) is 5.20. The normalized spacial score (nSPS) is 13.2. The first-order valence-electron chi connectivity index (χ1n) is 8.13. The zero-order valence-corrected chi connectivity index (χ0v) is 13.9. The summed E-state index contributed by atoms with van der Waals surface area (Å²) in [6.45, 7) is 1.80. The molecule has 0 unspecified atom stereocenters. The Morgan fingerprint density at radius 3 is 2.60 bits per heavy atom. The summed E-state index contributed by atoms with van der Waals surface area (Å²) in [6, 6.07) is 16.5. The van der Waals surface area contributed by atoms with Gasteiger partial charge < -0.3 is 10.4 Å². The number of para-hydroxylation sites is 1. The minimum Gasteiger partial charge on any atom is -0.391 e. The van der Waals surface area contributed by atoms with Crippen molar-refractivity contribution in [3.05, 3.63) is 78.1 Å². The number of carbonyl (C=O) groups is 1. The molecule has 6 heteroatoms. The largest absolute Gasteiger partial charge is 0.391 e. The quantitative estimate of drug-likeness (QED) is 0.721. The molecule has 0 saturated carbocycles. The summed E-state index contributed by atoms with van der Waals surface area (Å²) in [5.74, 6) is -0.259. The maximum Gasteiger partial charge on any atom is 0.253 e. The molecule has 0 radical (unpaired) electrons. The maximum absolute atomic E-state index is 12.6.